The number of carbonyl (C=O) groups excluding carboxylic acids is 1. The standard InChI is InChI=1S/C21H36O3SSi/c1-7-8-9-13-16-25-20(24-26(5,6)21(2,3)4)19(22)23-17-18-14-11-10-12-15-18/h10-12,14-15,20H,7-9,13,16-17H2,1-6H3. The summed E-state index contributed by atoms with van der Waals surface area (Å²) in [4.78, 5) is 12.7. The fourth-order valence-electron chi connectivity index (χ4n) is 2.11. The molecule has 0 fully saturated rings. The minimum Gasteiger partial charge on any atom is -0.458 e. The SMILES string of the molecule is CCCCCCSC(O[Si](C)(C)C(C)(C)C)C(=O)OCc1ccccc1. The number of hydrogen-bond donors (Lipinski definition) is 0. The third kappa shape index (κ3) is 8.27. The zero-order valence-corrected chi connectivity index (χ0v) is 19.2. The average molecular weight is 397 g/mol. The van der Waals surface area contributed by atoms with Gasteiger partial charge in [0.25, 0.3) is 0 Å². The molecule has 0 radical (unpaired) electrons. The second-order valence-corrected chi connectivity index (χ2v) is 14.2. The van der Waals surface area contributed by atoms with Crippen molar-refractivity contribution in [2.75, 3.05) is 5.75 Å². The van der Waals surface area contributed by atoms with Crippen LogP contribution >= 0.6 is 11.8 Å². The molecule has 0 aliphatic rings. The van der Waals surface area contributed by atoms with E-state index in [1.54, 1.807) is 11.8 Å². The van der Waals surface area contributed by atoms with Crippen molar-refractivity contribution in [3.05, 3.63) is 35.9 Å². The molecular formula is C21H36O3SSi. The highest BCUT2D eigenvalue weighted by Gasteiger charge is 2.41. The highest BCUT2D eigenvalue weighted by molar-refractivity contribution is 8.00. The lowest BCUT2D eigenvalue weighted by atomic mass is 10.2. The summed E-state index contributed by atoms with van der Waals surface area (Å²) in [5, 5.41) is 0.0632. The van der Waals surface area contributed by atoms with Gasteiger partial charge in [-0.15, -0.1) is 11.8 Å². The number of rotatable bonds is 11. The first kappa shape index (κ1) is 23.3. The molecule has 0 aliphatic heterocycles. The van der Waals surface area contributed by atoms with E-state index < -0.39 is 13.8 Å². The molecule has 0 saturated heterocycles. The van der Waals surface area contributed by atoms with Crippen molar-refractivity contribution in [2.24, 2.45) is 0 Å². The Kier molecular flexibility index (Phi) is 9.97. The summed E-state index contributed by atoms with van der Waals surface area (Å²) in [5.74, 6) is 0.680. The minimum atomic E-state index is -2.04. The Labute approximate surface area is 165 Å². The molecule has 0 aliphatic carbocycles. The van der Waals surface area contributed by atoms with Crippen LogP contribution in [0.15, 0.2) is 30.3 Å². The molecule has 1 rings (SSSR count). The first-order chi connectivity index (χ1) is 12.2. The van der Waals surface area contributed by atoms with Gasteiger partial charge in [-0.2, -0.15) is 0 Å². The van der Waals surface area contributed by atoms with Crippen LogP contribution in [-0.4, -0.2) is 25.5 Å². The number of esters is 1. The van der Waals surface area contributed by atoms with Gasteiger partial charge < -0.3 is 9.16 Å². The van der Waals surface area contributed by atoms with Crippen molar-refractivity contribution in [3.63, 3.8) is 0 Å². The largest absolute Gasteiger partial charge is 0.458 e. The summed E-state index contributed by atoms with van der Waals surface area (Å²) in [7, 11) is -2.04. The fraction of sp³-hybridized carbons (Fsp3) is 0.667. The predicted molar refractivity (Wildman–Crippen MR) is 115 cm³/mol. The van der Waals surface area contributed by atoms with E-state index in [9.17, 15) is 4.79 Å². The highest BCUT2D eigenvalue weighted by Crippen LogP contribution is 2.39. The van der Waals surface area contributed by atoms with Crippen LogP contribution in [-0.2, 0) is 20.6 Å². The van der Waals surface area contributed by atoms with Crippen LogP contribution in [0.3, 0.4) is 0 Å². The molecule has 1 aromatic carbocycles. The van der Waals surface area contributed by atoms with E-state index >= 15 is 0 Å². The van der Waals surface area contributed by atoms with Gasteiger partial charge in [-0.3, -0.25) is 0 Å². The maximum absolute atomic E-state index is 12.7. The molecule has 1 unspecified atom stereocenters. The molecule has 1 aromatic rings. The number of unbranched alkanes of at least 4 members (excludes halogenated alkanes) is 3. The Morgan fingerprint density at radius 2 is 1.77 bits per heavy atom. The molecule has 0 N–H and O–H groups in total. The maximum Gasteiger partial charge on any atom is 0.345 e. The zero-order chi connectivity index (χ0) is 19.6. The number of thioether (sulfide) groups is 1. The number of benzene rings is 1. The molecule has 0 bridgehead atoms. The van der Waals surface area contributed by atoms with E-state index in [-0.39, 0.29) is 11.0 Å². The summed E-state index contributed by atoms with van der Waals surface area (Å²) in [6.07, 6.45) is 4.78. The van der Waals surface area contributed by atoms with Gasteiger partial charge >= 0.3 is 5.97 Å². The molecule has 0 amide bonds. The Bertz CT molecular complexity index is 526. The second-order valence-electron chi connectivity index (χ2n) is 8.23. The molecule has 0 saturated carbocycles. The van der Waals surface area contributed by atoms with E-state index in [1.807, 2.05) is 30.3 Å². The molecule has 0 spiro atoms. The highest BCUT2D eigenvalue weighted by atomic mass is 32.2. The van der Waals surface area contributed by atoms with Crippen molar-refractivity contribution >= 4 is 26.0 Å². The number of ether oxygens (including phenoxy) is 1. The average Bonchev–Trinajstić information content (AvgIpc) is 2.58. The maximum atomic E-state index is 12.7. The first-order valence-electron chi connectivity index (χ1n) is 9.67. The van der Waals surface area contributed by atoms with Crippen LogP contribution in [0.2, 0.25) is 18.1 Å². The summed E-state index contributed by atoms with van der Waals surface area (Å²) in [5.41, 5.74) is 0.473. The third-order valence-corrected chi connectivity index (χ3v) is 10.6. The zero-order valence-electron chi connectivity index (χ0n) is 17.3. The van der Waals surface area contributed by atoms with Crippen molar-refractivity contribution in [1.29, 1.82) is 0 Å². The summed E-state index contributed by atoms with van der Waals surface area (Å²) >= 11 is 1.60. The fourth-order valence-corrected chi connectivity index (χ4v) is 4.88. The van der Waals surface area contributed by atoms with Crippen molar-refractivity contribution in [2.45, 2.75) is 83.6 Å². The van der Waals surface area contributed by atoms with Crippen LogP contribution in [0.1, 0.15) is 58.9 Å². The van der Waals surface area contributed by atoms with Gasteiger partial charge in [0.2, 0.25) is 0 Å². The van der Waals surface area contributed by atoms with Crippen LogP contribution in [0.4, 0.5) is 0 Å². The Hall–Kier alpha value is -0.783. The van der Waals surface area contributed by atoms with Gasteiger partial charge in [0, 0.05) is 0 Å². The van der Waals surface area contributed by atoms with Crippen LogP contribution < -0.4 is 0 Å². The second kappa shape index (κ2) is 11.1. The summed E-state index contributed by atoms with van der Waals surface area (Å²) in [6, 6.07) is 9.80. The predicted octanol–water partition coefficient (Wildman–Crippen LogP) is 6.39. The van der Waals surface area contributed by atoms with E-state index in [0.717, 1.165) is 17.7 Å². The smallest absolute Gasteiger partial charge is 0.345 e. The minimum absolute atomic E-state index is 0.0632. The van der Waals surface area contributed by atoms with Crippen molar-refractivity contribution < 1.29 is 14.0 Å². The monoisotopic (exact) mass is 396 g/mol. The molecule has 0 heterocycles. The Morgan fingerprint density at radius 3 is 2.35 bits per heavy atom. The lowest BCUT2D eigenvalue weighted by Gasteiger charge is -2.38. The third-order valence-electron chi connectivity index (χ3n) is 4.89. The summed E-state index contributed by atoms with van der Waals surface area (Å²) < 4.78 is 12.0. The van der Waals surface area contributed by atoms with E-state index in [2.05, 4.69) is 40.8 Å². The number of hydrogen-bond acceptors (Lipinski definition) is 4. The van der Waals surface area contributed by atoms with Crippen LogP contribution in [0.5, 0.6) is 0 Å². The van der Waals surface area contributed by atoms with Gasteiger partial charge in [0.1, 0.15) is 6.61 Å². The lowest BCUT2D eigenvalue weighted by Crippen LogP contribution is -2.45. The van der Waals surface area contributed by atoms with Crippen molar-refractivity contribution in [1.82, 2.24) is 0 Å². The molecule has 0 aromatic heterocycles. The first-order valence-corrected chi connectivity index (χ1v) is 13.6. The quantitative estimate of drug-likeness (QED) is 0.188. The summed E-state index contributed by atoms with van der Waals surface area (Å²) in [6.45, 7) is 13.4. The molecule has 1 atom stereocenters. The lowest BCUT2D eigenvalue weighted by molar-refractivity contribution is -0.149. The van der Waals surface area contributed by atoms with Crippen LogP contribution in [0.25, 0.3) is 0 Å². The molecule has 3 nitrogen and oxygen atoms in total. The van der Waals surface area contributed by atoms with E-state index in [4.69, 9.17) is 9.16 Å². The van der Waals surface area contributed by atoms with Gasteiger partial charge in [-0.25, -0.2) is 4.79 Å². The van der Waals surface area contributed by atoms with Crippen LogP contribution in [0, 0.1) is 0 Å². The van der Waals surface area contributed by atoms with Crippen molar-refractivity contribution in [3.8, 4) is 0 Å². The van der Waals surface area contributed by atoms with E-state index in [1.165, 1.54) is 19.3 Å². The van der Waals surface area contributed by atoms with Gasteiger partial charge in [0.15, 0.2) is 13.8 Å². The molecule has 5 heteroatoms. The topological polar surface area (TPSA) is 35.5 Å². The Balaban J connectivity index is 2.67. The normalized spacial score (nSPS) is 13.5. The van der Waals surface area contributed by atoms with Gasteiger partial charge in [0.05, 0.1) is 0 Å². The van der Waals surface area contributed by atoms with Gasteiger partial charge in [-0.1, -0.05) is 77.3 Å². The Morgan fingerprint density at radius 1 is 1.12 bits per heavy atom. The molecule has 26 heavy (non-hydrogen) atoms. The number of carbonyl (C=O) groups is 1. The van der Waals surface area contributed by atoms with Gasteiger partial charge in [-0.05, 0) is 35.9 Å². The molecule has 148 valence electrons. The molecular weight excluding hydrogens is 360 g/mol. The van der Waals surface area contributed by atoms with E-state index in [0.29, 0.717) is 6.61 Å².